The van der Waals surface area contributed by atoms with Crippen LogP contribution in [0, 0.1) is 36.2 Å². The molecule has 8 heteroatoms. The van der Waals surface area contributed by atoms with Gasteiger partial charge in [0.25, 0.3) is 0 Å². The van der Waals surface area contributed by atoms with Gasteiger partial charge in [-0.2, -0.15) is 0 Å². The van der Waals surface area contributed by atoms with E-state index in [-0.39, 0.29) is 25.7 Å². The monoisotopic (exact) mass is 660 g/mol. The first-order chi connectivity index (χ1) is 17.1. The number of halogens is 2. The van der Waals surface area contributed by atoms with E-state index in [1.807, 2.05) is 36.4 Å². The molecule has 1 aliphatic rings. The predicted octanol–water partition coefficient (Wildman–Crippen LogP) is 6.53. The summed E-state index contributed by atoms with van der Waals surface area (Å²) in [5.74, 6) is -0.799. The molecule has 0 bridgehead atoms. The van der Waals surface area contributed by atoms with Gasteiger partial charge in [-0.3, -0.25) is 8.78 Å². The Kier molecular flexibility index (Phi) is 11.3. The van der Waals surface area contributed by atoms with Crippen LogP contribution in [-0.4, -0.2) is 12.1 Å². The standard InChI is InChI=1S/C15H13N2.C12H8F2NO.CN.Ir/c1-3-7-14(8-4-1)16-11-12-17(13-16)15-9-5-2-6-10-15;1-16-9-4-5-15-12(7-9)10-3-2-8(13)6-11(10)14;1-2;/h1-13H;2,4-7H,1H3;;/q3*-1;+3. The molecule has 0 saturated heterocycles. The summed E-state index contributed by atoms with van der Waals surface area (Å²) >= 11 is 0. The van der Waals surface area contributed by atoms with E-state index in [0.717, 1.165) is 12.1 Å². The average Bonchev–Trinajstić information content (AvgIpc) is 3.42. The Labute approximate surface area is 223 Å². The quantitative estimate of drug-likeness (QED) is 0.233. The van der Waals surface area contributed by atoms with Crippen molar-refractivity contribution in [1.29, 1.82) is 5.26 Å². The maximum atomic E-state index is 13.4. The Bertz CT molecular complexity index is 1220. The number of hydrogen-bond acceptors (Lipinski definition) is 5. The molecule has 1 aliphatic heterocycles. The van der Waals surface area contributed by atoms with Crippen molar-refractivity contribution in [2.24, 2.45) is 0 Å². The number of para-hydroxylation sites is 2. The first kappa shape index (κ1) is 28.2. The Morgan fingerprint density at radius 2 is 1.44 bits per heavy atom. The Balaban J connectivity index is 0.000000232. The van der Waals surface area contributed by atoms with E-state index < -0.39 is 11.6 Å². The predicted molar refractivity (Wildman–Crippen MR) is 131 cm³/mol. The molecule has 0 unspecified atom stereocenters. The Hall–Kier alpha value is -4.05. The summed E-state index contributed by atoms with van der Waals surface area (Å²) in [5, 5.41) is 6.25. The van der Waals surface area contributed by atoms with E-state index in [4.69, 9.17) is 16.6 Å². The molecule has 5 rings (SSSR count). The summed E-state index contributed by atoms with van der Waals surface area (Å²) in [6, 6.07) is 28.2. The average molecular weight is 660 g/mol. The van der Waals surface area contributed by atoms with Crippen LogP contribution in [0.5, 0.6) is 5.75 Å². The first-order valence-electron chi connectivity index (χ1n) is 10.4. The third kappa shape index (κ3) is 7.47. The number of methoxy groups -OCH3 is 1. The third-order valence-corrected chi connectivity index (χ3v) is 4.83. The summed E-state index contributed by atoms with van der Waals surface area (Å²) in [5.41, 5.74) is 2.82. The van der Waals surface area contributed by atoms with Crippen LogP contribution in [0.15, 0.2) is 104 Å². The zero-order valence-electron chi connectivity index (χ0n) is 19.2. The van der Waals surface area contributed by atoms with Crippen molar-refractivity contribution in [3.8, 4) is 17.0 Å². The molecule has 5 nitrogen and oxygen atoms in total. The summed E-state index contributed by atoms with van der Waals surface area (Å²) in [4.78, 5) is 8.18. The van der Waals surface area contributed by atoms with Crippen molar-refractivity contribution in [3.05, 3.63) is 134 Å². The molecular weight excluding hydrogens is 639 g/mol. The van der Waals surface area contributed by atoms with Crippen LogP contribution in [0.4, 0.5) is 20.2 Å². The molecule has 36 heavy (non-hydrogen) atoms. The molecule has 0 atom stereocenters. The van der Waals surface area contributed by atoms with Gasteiger partial charge in [-0.1, -0.05) is 48.0 Å². The molecular formula is C28H21F2IrN4O. The second kappa shape index (κ2) is 14.4. The normalized spacial score (nSPS) is 11.4. The molecule has 2 heterocycles. The van der Waals surface area contributed by atoms with E-state index in [0.29, 0.717) is 11.4 Å². The number of hydrogen-bond donors (Lipinski definition) is 0. The second-order valence-electron chi connectivity index (χ2n) is 7.02. The minimum atomic E-state index is -0.694. The summed E-state index contributed by atoms with van der Waals surface area (Å²) in [6.07, 6.45) is 5.61. The largest absolute Gasteiger partial charge is 3.00 e. The van der Waals surface area contributed by atoms with Gasteiger partial charge in [0, 0.05) is 29.2 Å². The Morgan fingerprint density at radius 3 is 1.94 bits per heavy atom. The molecule has 0 N–H and O–H groups in total. The number of aromatic nitrogens is 1. The summed E-state index contributed by atoms with van der Waals surface area (Å²) in [7, 11) is 1.50. The summed E-state index contributed by atoms with van der Waals surface area (Å²) < 4.78 is 31.1. The molecule has 0 radical (unpaired) electrons. The van der Waals surface area contributed by atoms with Gasteiger partial charge in [0.1, 0.15) is 5.75 Å². The number of anilines is 2. The van der Waals surface area contributed by atoms with Crippen molar-refractivity contribution in [1.82, 2.24) is 4.98 Å². The number of nitrogens with zero attached hydrogens (tertiary/aromatic N) is 4. The van der Waals surface area contributed by atoms with Gasteiger partial charge in [0.05, 0.1) is 7.11 Å². The van der Waals surface area contributed by atoms with Gasteiger partial charge in [0.2, 0.25) is 0 Å². The van der Waals surface area contributed by atoms with Crippen molar-refractivity contribution in [2.45, 2.75) is 0 Å². The van der Waals surface area contributed by atoms with Gasteiger partial charge in [-0.05, 0) is 54.5 Å². The first-order valence-corrected chi connectivity index (χ1v) is 10.4. The second-order valence-corrected chi connectivity index (χ2v) is 7.02. The maximum Gasteiger partial charge on any atom is 3.00 e. The Morgan fingerprint density at radius 1 is 0.889 bits per heavy atom. The number of pyridine rings is 1. The fraction of sp³-hybridized carbons (Fsp3) is 0.0357. The molecule has 182 valence electrons. The van der Waals surface area contributed by atoms with Crippen molar-refractivity contribution < 1.29 is 33.6 Å². The smallest absolute Gasteiger partial charge is 0.512 e. The van der Waals surface area contributed by atoms with Gasteiger partial charge in [0.15, 0.2) is 0 Å². The van der Waals surface area contributed by atoms with Crippen LogP contribution in [-0.2, 0) is 20.1 Å². The van der Waals surface area contributed by atoms with E-state index in [1.54, 1.807) is 12.1 Å². The van der Waals surface area contributed by atoms with E-state index in [1.165, 1.54) is 24.7 Å². The van der Waals surface area contributed by atoms with E-state index >= 15 is 0 Å². The van der Waals surface area contributed by atoms with Crippen molar-refractivity contribution >= 4 is 11.4 Å². The van der Waals surface area contributed by atoms with Crippen LogP contribution in [0.1, 0.15) is 0 Å². The number of benzene rings is 3. The molecule has 0 aliphatic carbocycles. The molecule has 4 aromatic rings. The molecule has 3 aromatic carbocycles. The van der Waals surface area contributed by atoms with Gasteiger partial charge in [-0.25, -0.2) is 0 Å². The SMILES string of the molecule is C1=CN(c2ccccc2)[CH-]N1c1ccccc1.COc1ccnc(-c2[c-]cc(F)cc2F)c1.[C-]#N.[Ir+3]. The molecule has 0 saturated carbocycles. The fourth-order valence-electron chi connectivity index (χ4n) is 3.18. The molecule has 0 spiro atoms. The number of rotatable bonds is 4. The zero-order valence-corrected chi connectivity index (χ0v) is 21.6. The minimum absolute atomic E-state index is 0. The van der Waals surface area contributed by atoms with Crippen LogP contribution in [0.25, 0.3) is 11.3 Å². The minimum Gasteiger partial charge on any atom is -0.512 e. The molecule has 0 fully saturated rings. The number of ether oxygens (including phenoxy) is 1. The van der Waals surface area contributed by atoms with Gasteiger partial charge in [-0.15, -0.1) is 18.8 Å². The van der Waals surface area contributed by atoms with Crippen LogP contribution >= 0.6 is 0 Å². The summed E-state index contributed by atoms with van der Waals surface area (Å²) in [6.45, 7) is 6.82. The van der Waals surface area contributed by atoms with Crippen LogP contribution < -0.4 is 14.5 Å². The van der Waals surface area contributed by atoms with Crippen molar-refractivity contribution in [3.63, 3.8) is 0 Å². The van der Waals surface area contributed by atoms with E-state index in [2.05, 4.69) is 64.2 Å². The van der Waals surface area contributed by atoms with Gasteiger partial charge >= 0.3 is 20.1 Å². The topological polar surface area (TPSA) is 52.4 Å². The van der Waals surface area contributed by atoms with E-state index in [9.17, 15) is 8.78 Å². The zero-order chi connectivity index (χ0) is 25.0. The van der Waals surface area contributed by atoms with Crippen LogP contribution in [0.2, 0.25) is 0 Å². The fourth-order valence-corrected chi connectivity index (χ4v) is 3.18. The molecule has 1 aromatic heterocycles. The third-order valence-electron chi connectivity index (χ3n) is 4.83. The maximum absolute atomic E-state index is 13.4. The van der Waals surface area contributed by atoms with Gasteiger partial charge < -0.3 is 31.4 Å². The van der Waals surface area contributed by atoms with Crippen LogP contribution in [0.3, 0.4) is 0 Å². The molecule has 0 amide bonds. The van der Waals surface area contributed by atoms with Crippen molar-refractivity contribution in [2.75, 3.05) is 16.9 Å².